The van der Waals surface area contributed by atoms with E-state index in [1.54, 1.807) is 24.3 Å². The fraction of sp³-hybridized carbons (Fsp3) is 0.185. The second-order valence-corrected chi connectivity index (χ2v) is 10.1. The van der Waals surface area contributed by atoms with Gasteiger partial charge in [0.25, 0.3) is 0 Å². The molecular formula is C27H24ClF3N4O3. The van der Waals surface area contributed by atoms with Gasteiger partial charge in [0.2, 0.25) is 5.91 Å². The number of halogens is 4. The van der Waals surface area contributed by atoms with Gasteiger partial charge >= 0.3 is 12.2 Å². The number of anilines is 2. The third-order valence-electron chi connectivity index (χ3n) is 5.77. The van der Waals surface area contributed by atoms with E-state index in [2.05, 4.69) is 10.6 Å². The predicted octanol–water partition coefficient (Wildman–Crippen LogP) is 6.53. The summed E-state index contributed by atoms with van der Waals surface area (Å²) in [6.45, 7) is 5.50. The second kappa shape index (κ2) is 10.1. The van der Waals surface area contributed by atoms with Gasteiger partial charge in [0.15, 0.2) is 0 Å². The zero-order chi connectivity index (χ0) is 27.8. The Bertz CT molecular complexity index is 1510. The Hall–Kier alpha value is -3.86. The van der Waals surface area contributed by atoms with E-state index in [4.69, 9.17) is 11.6 Å². The molecule has 3 N–H and O–H groups in total. The number of amides is 3. The van der Waals surface area contributed by atoms with Crippen molar-refractivity contribution >= 4 is 51.5 Å². The summed E-state index contributed by atoms with van der Waals surface area (Å²) in [4.78, 5) is 24.7. The van der Waals surface area contributed by atoms with Crippen LogP contribution >= 0.6 is 11.6 Å². The normalized spacial score (nSPS) is 12.8. The number of hydrogen-bond donors (Lipinski definition) is 3. The van der Waals surface area contributed by atoms with Crippen LogP contribution in [-0.2, 0) is 11.0 Å². The van der Waals surface area contributed by atoms with Gasteiger partial charge in [-0.25, -0.2) is 4.79 Å². The first-order valence-corrected chi connectivity index (χ1v) is 11.9. The summed E-state index contributed by atoms with van der Waals surface area (Å²) in [6, 6.07) is 15.5. The third-order valence-corrected chi connectivity index (χ3v) is 6.10. The number of hydroxylamine groups is 1. The lowest BCUT2D eigenvalue weighted by Crippen LogP contribution is -3.06. The lowest BCUT2D eigenvalue weighted by atomic mass is 9.95. The van der Waals surface area contributed by atoms with E-state index in [1.807, 2.05) is 55.8 Å². The van der Waals surface area contributed by atoms with Gasteiger partial charge in [-0.05, 0) is 54.6 Å². The van der Waals surface area contributed by atoms with Crippen molar-refractivity contribution in [1.82, 2.24) is 4.57 Å². The number of aromatic nitrogens is 1. The van der Waals surface area contributed by atoms with Gasteiger partial charge in [0.1, 0.15) is 5.69 Å². The molecule has 0 bridgehead atoms. The van der Waals surface area contributed by atoms with Crippen LogP contribution in [0.1, 0.15) is 26.3 Å². The smallest absolute Gasteiger partial charge is 0.424 e. The number of quaternary nitrogens is 1. The molecule has 0 aliphatic carbocycles. The number of fused-ring (bicyclic) bond motifs is 1. The first-order valence-electron chi connectivity index (χ1n) is 11.5. The molecule has 0 spiro atoms. The maximum absolute atomic E-state index is 13.1. The molecule has 11 heteroatoms. The van der Waals surface area contributed by atoms with Gasteiger partial charge in [0.05, 0.1) is 16.1 Å². The summed E-state index contributed by atoms with van der Waals surface area (Å²) in [5.41, 5.74) is 0.486. The van der Waals surface area contributed by atoms with Crippen molar-refractivity contribution in [2.24, 2.45) is 5.41 Å². The molecule has 38 heavy (non-hydrogen) atoms. The molecule has 198 valence electrons. The topological polar surface area (TPSA) is 90.6 Å². The van der Waals surface area contributed by atoms with E-state index < -0.39 is 39.0 Å². The van der Waals surface area contributed by atoms with E-state index in [-0.39, 0.29) is 5.91 Å². The van der Waals surface area contributed by atoms with Crippen molar-refractivity contribution in [2.75, 3.05) is 10.6 Å². The third kappa shape index (κ3) is 5.83. The second-order valence-electron chi connectivity index (χ2n) is 9.69. The van der Waals surface area contributed by atoms with Crippen LogP contribution in [0.15, 0.2) is 72.9 Å². The number of nitrogens with one attached hydrogen (secondary N) is 3. The minimum absolute atomic E-state index is 0.0933. The van der Waals surface area contributed by atoms with Crippen LogP contribution in [0.3, 0.4) is 0 Å². The molecule has 1 unspecified atom stereocenters. The minimum Gasteiger partial charge on any atom is -0.620 e. The SMILES string of the molecule is CC(C)(C)C(=O)Nc1ccc2c(ccn2-c2ccc(NC(=O)[NH+]([O-])c3ccc(Cl)c(C(F)(F)F)c3)cc2)c1. The summed E-state index contributed by atoms with van der Waals surface area (Å²) in [5, 5.41) is 17.0. The molecule has 4 rings (SSSR count). The monoisotopic (exact) mass is 544 g/mol. The number of benzene rings is 3. The Kier molecular flexibility index (Phi) is 7.24. The Labute approximate surface area is 221 Å². The summed E-state index contributed by atoms with van der Waals surface area (Å²) < 4.78 is 41.2. The van der Waals surface area contributed by atoms with Gasteiger partial charge in [-0.1, -0.05) is 32.4 Å². The van der Waals surface area contributed by atoms with Crippen molar-refractivity contribution in [2.45, 2.75) is 26.9 Å². The lowest BCUT2D eigenvalue weighted by Gasteiger charge is -2.21. The molecule has 0 aliphatic heterocycles. The quantitative estimate of drug-likeness (QED) is 0.255. The van der Waals surface area contributed by atoms with E-state index in [9.17, 15) is 28.0 Å². The molecule has 1 aromatic heterocycles. The maximum atomic E-state index is 13.1. The molecule has 1 atom stereocenters. The summed E-state index contributed by atoms with van der Waals surface area (Å²) in [6.07, 6.45) is -2.90. The zero-order valence-electron chi connectivity index (χ0n) is 20.6. The van der Waals surface area contributed by atoms with Gasteiger partial charge < -0.3 is 15.1 Å². The number of nitrogens with zero attached hydrogens (tertiary/aromatic N) is 1. The van der Waals surface area contributed by atoms with Crippen molar-refractivity contribution in [3.05, 3.63) is 88.7 Å². The van der Waals surface area contributed by atoms with Crippen LogP contribution in [0.4, 0.5) is 35.0 Å². The minimum atomic E-state index is -4.76. The molecule has 0 radical (unpaired) electrons. The van der Waals surface area contributed by atoms with Crippen LogP contribution in [0.25, 0.3) is 16.6 Å². The summed E-state index contributed by atoms with van der Waals surface area (Å²) >= 11 is 5.58. The average Bonchev–Trinajstić information content (AvgIpc) is 3.26. The molecule has 4 aromatic rings. The van der Waals surface area contributed by atoms with Crippen molar-refractivity contribution < 1.29 is 27.8 Å². The Morgan fingerprint density at radius 3 is 2.18 bits per heavy atom. The summed E-state index contributed by atoms with van der Waals surface area (Å²) in [5.74, 6) is -0.0933. The van der Waals surface area contributed by atoms with Gasteiger partial charge in [-0.3, -0.25) is 15.2 Å². The first-order chi connectivity index (χ1) is 17.7. The van der Waals surface area contributed by atoms with Crippen LogP contribution in [0, 0.1) is 10.6 Å². The van der Waals surface area contributed by atoms with Crippen molar-refractivity contribution in [3.63, 3.8) is 0 Å². The number of hydrogen-bond acceptors (Lipinski definition) is 3. The largest absolute Gasteiger partial charge is 0.620 e. The molecule has 1 heterocycles. The highest BCUT2D eigenvalue weighted by Crippen LogP contribution is 2.35. The van der Waals surface area contributed by atoms with Crippen LogP contribution in [0.2, 0.25) is 5.02 Å². The van der Waals surface area contributed by atoms with Crippen LogP contribution < -0.4 is 15.7 Å². The van der Waals surface area contributed by atoms with E-state index >= 15 is 0 Å². The number of alkyl halides is 3. The van der Waals surface area contributed by atoms with Crippen molar-refractivity contribution in [3.8, 4) is 5.69 Å². The Balaban J connectivity index is 1.48. The van der Waals surface area contributed by atoms with E-state index in [1.165, 1.54) is 0 Å². The molecule has 0 saturated heterocycles. The van der Waals surface area contributed by atoms with E-state index in [0.29, 0.717) is 17.4 Å². The molecule has 0 fully saturated rings. The average molecular weight is 545 g/mol. The lowest BCUT2D eigenvalue weighted by molar-refractivity contribution is -0.677. The van der Waals surface area contributed by atoms with Gasteiger partial charge in [-0.2, -0.15) is 13.2 Å². The number of rotatable bonds is 4. The maximum Gasteiger partial charge on any atom is 0.424 e. The first kappa shape index (κ1) is 27.2. The van der Waals surface area contributed by atoms with Crippen LogP contribution in [-0.4, -0.2) is 16.5 Å². The Morgan fingerprint density at radius 1 is 0.895 bits per heavy atom. The number of carbonyl (C=O) groups excluding carboxylic acids is 2. The molecule has 7 nitrogen and oxygen atoms in total. The molecule has 3 aromatic carbocycles. The van der Waals surface area contributed by atoms with Gasteiger partial charge in [0, 0.05) is 46.2 Å². The van der Waals surface area contributed by atoms with E-state index in [0.717, 1.165) is 28.7 Å². The zero-order valence-corrected chi connectivity index (χ0v) is 21.4. The fourth-order valence-electron chi connectivity index (χ4n) is 3.67. The molecular weight excluding hydrogens is 521 g/mol. The van der Waals surface area contributed by atoms with Crippen LogP contribution in [0.5, 0.6) is 0 Å². The molecule has 0 saturated carbocycles. The highest BCUT2D eigenvalue weighted by Gasteiger charge is 2.34. The highest BCUT2D eigenvalue weighted by atomic mass is 35.5. The molecule has 3 amide bonds. The number of carbonyl (C=O) groups is 2. The summed E-state index contributed by atoms with van der Waals surface area (Å²) in [7, 11) is 0. The fourth-order valence-corrected chi connectivity index (χ4v) is 3.90. The standard InChI is InChI=1S/C27H24ClF3N4O3/c1-26(2,3)24(36)32-18-6-11-23-16(14-18)12-13-34(23)19-7-4-17(5-8-19)33-25(37)35(38)20-9-10-22(28)21(15-20)27(29,30)31/h4-15,35H,1-3H3,(H,32,36)(H,33,37). The highest BCUT2D eigenvalue weighted by molar-refractivity contribution is 6.31. The van der Waals surface area contributed by atoms with Crippen molar-refractivity contribution in [1.29, 1.82) is 0 Å². The Morgan fingerprint density at radius 2 is 1.55 bits per heavy atom. The predicted molar refractivity (Wildman–Crippen MR) is 141 cm³/mol. The number of urea groups is 1. The van der Waals surface area contributed by atoms with Gasteiger partial charge in [-0.15, -0.1) is 0 Å². The molecule has 0 aliphatic rings.